The van der Waals surface area contributed by atoms with Crippen molar-refractivity contribution < 1.29 is 24.4 Å². The number of anilines is 1. The standard InChI is InChI=1S/C20H21N3O6/c24-19(8-13-29-18-6-4-16(5-7-18)23(27)28)22-11-9-21(10-12-22)17-3-1-2-15(14-17)20(25)26/h1-7,14H,8-13H2,(H,25,26). The van der Waals surface area contributed by atoms with Gasteiger partial charge in [0.05, 0.1) is 23.5 Å². The first-order valence-corrected chi connectivity index (χ1v) is 9.17. The molecular weight excluding hydrogens is 378 g/mol. The van der Waals surface area contributed by atoms with Gasteiger partial charge in [0.1, 0.15) is 5.75 Å². The molecule has 1 aliphatic heterocycles. The Morgan fingerprint density at radius 2 is 1.76 bits per heavy atom. The maximum atomic E-state index is 12.4. The number of hydrogen-bond acceptors (Lipinski definition) is 6. The number of carboxylic acids is 1. The maximum Gasteiger partial charge on any atom is 0.335 e. The second-order valence-corrected chi connectivity index (χ2v) is 6.57. The summed E-state index contributed by atoms with van der Waals surface area (Å²) in [7, 11) is 0. The minimum absolute atomic E-state index is 0.0137. The van der Waals surface area contributed by atoms with Crippen molar-refractivity contribution in [2.24, 2.45) is 0 Å². The number of carboxylic acid groups (broad SMARTS) is 1. The summed E-state index contributed by atoms with van der Waals surface area (Å²) in [4.78, 5) is 37.5. The lowest BCUT2D eigenvalue weighted by Crippen LogP contribution is -2.49. The second kappa shape index (κ2) is 9.05. The average molecular weight is 399 g/mol. The number of aromatic carboxylic acids is 1. The summed E-state index contributed by atoms with van der Waals surface area (Å²) in [6.07, 6.45) is 0.214. The summed E-state index contributed by atoms with van der Waals surface area (Å²) in [5.41, 5.74) is 1.06. The number of nitrogens with zero attached hydrogens (tertiary/aromatic N) is 3. The second-order valence-electron chi connectivity index (χ2n) is 6.57. The summed E-state index contributed by atoms with van der Waals surface area (Å²) >= 11 is 0. The zero-order valence-electron chi connectivity index (χ0n) is 15.7. The van der Waals surface area contributed by atoms with Gasteiger partial charge in [0.25, 0.3) is 5.69 Å². The van der Waals surface area contributed by atoms with Gasteiger partial charge in [-0.05, 0) is 30.3 Å². The Morgan fingerprint density at radius 3 is 2.38 bits per heavy atom. The van der Waals surface area contributed by atoms with Crippen LogP contribution in [0.4, 0.5) is 11.4 Å². The highest BCUT2D eigenvalue weighted by Crippen LogP contribution is 2.19. The highest BCUT2D eigenvalue weighted by molar-refractivity contribution is 5.88. The van der Waals surface area contributed by atoms with Crippen LogP contribution >= 0.6 is 0 Å². The van der Waals surface area contributed by atoms with Gasteiger partial charge in [0, 0.05) is 44.0 Å². The predicted molar refractivity (Wildman–Crippen MR) is 105 cm³/mol. The van der Waals surface area contributed by atoms with E-state index in [1.54, 1.807) is 23.1 Å². The van der Waals surface area contributed by atoms with Gasteiger partial charge in [-0.15, -0.1) is 0 Å². The number of nitro benzene ring substituents is 1. The molecule has 0 spiro atoms. The van der Waals surface area contributed by atoms with E-state index in [4.69, 9.17) is 9.84 Å². The molecule has 0 unspecified atom stereocenters. The summed E-state index contributed by atoms with van der Waals surface area (Å²) in [6.45, 7) is 2.54. The van der Waals surface area contributed by atoms with Gasteiger partial charge in [0.2, 0.25) is 5.91 Å². The van der Waals surface area contributed by atoms with Crippen molar-refractivity contribution in [1.82, 2.24) is 4.90 Å². The molecule has 1 heterocycles. The summed E-state index contributed by atoms with van der Waals surface area (Å²) in [5.74, 6) is -0.508. The lowest BCUT2D eigenvalue weighted by atomic mass is 10.1. The van der Waals surface area contributed by atoms with Crippen LogP contribution in [0.15, 0.2) is 48.5 Å². The number of rotatable bonds is 7. The van der Waals surface area contributed by atoms with Crippen molar-refractivity contribution in [2.75, 3.05) is 37.7 Å². The molecule has 0 atom stereocenters. The number of nitro groups is 1. The number of amides is 1. The third-order valence-electron chi connectivity index (χ3n) is 4.72. The molecule has 1 aliphatic rings. The van der Waals surface area contributed by atoms with Crippen LogP contribution in [-0.2, 0) is 4.79 Å². The first-order valence-electron chi connectivity index (χ1n) is 9.17. The van der Waals surface area contributed by atoms with E-state index in [-0.39, 0.29) is 30.2 Å². The lowest BCUT2D eigenvalue weighted by Gasteiger charge is -2.36. The van der Waals surface area contributed by atoms with E-state index in [9.17, 15) is 19.7 Å². The van der Waals surface area contributed by atoms with Gasteiger partial charge in [-0.2, -0.15) is 0 Å². The van der Waals surface area contributed by atoms with Crippen LogP contribution in [0.3, 0.4) is 0 Å². The van der Waals surface area contributed by atoms with Gasteiger partial charge in [0.15, 0.2) is 0 Å². The molecule has 152 valence electrons. The van der Waals surface area contributed by atoms with Crippen molar-refractivity contribution in [3.63, 3.8) is 0 Å². The Morgan fingerprint density at radius 1 is 1.07 bits per heavy atom. The number of non-ortho nitro benzene ring substituents is 1. The number of piperazine rings is 1. The fourth-order valence-electron chi connectivity index (χ4n) is 3.13. The molecule has 0 aromatic heterocycles. The third-order valence-corrected chi connectivity index (χ3v) is 4.72. The summed E-state index contributed by atoms with van der Waals surface area (Å²) in [6, 6.07) is 12.5. The Hall–Kier alpha value is -3.62. The van der Waals surface area contributed by atoms with Crippen molar-refractivity contribution in [2.45, 2.75) is 6.42 Å². The van der Waals surface area contributed by atoms with E-state index in [1.165, 1.54) is 24.3 Å². The molecule has 3 rings (SSSR count). The molecule has 29 heavy (non-hydrogen) atoms. The molecule has 0 bridgehead atoms. The van der Waals surface area contributed by atoms with Crippen LogP contribution in [0.5, 0.6) is 5.75 Å². The van der Waals surface area contributed by atoms with E-state index in [2.05, 4.69) is 4.90 Å². The number of hydrogen-bond donors (Lipinski definition) is 1. The minimum atomic E-state index is -0.964. The number of carbonyl (C=O) groups is 2. The number of carbonyl (C=O) groups excluding carboxylic acids is 1. The molecule has 1 amide bonds. The lowest BCUT2D eigenvalue weighted by molar-refractivity contribution is -0.384. The predicted octanol–water partition coefficient (Wildman–Crippen LogP) is 2.41. The van der Waals surface area contributed by atoms with Gasteiger partial charge >= 0.3 is 5.97 Å². The molecule has 0 radical (unpaired) electrons. The van der Waals surface area contributed by atoms with E-state index < -0.39 is 10.9 Å². The van der Waals surface area contributed by atoms with Gasteiger partial charge in [-0.3, -0.25) is 14.9 Å². The fourth-order valence-corrected chi connectivity index (χ4v) is 3.13. The van der Waals surface area contributed by atoms with Crippen molar-refractivity contribution in [1.29, 1.82) is 0 Å². The molecular formula is C20H21N3O6. The molecule has 0 saturated carbocycles. The topological polar surface area (TPSA) is 113 Å². The summed E-state index contributed by atoms with van der Waals surface area (Å²) in [5, 5.41) is 19.7. The van der Waals surface area contributed by atoms with Gasteiger partial charge in [-0.25, -0.2) is 4.79 Å². The van der Waals surface area contributed by atoms with E-state index in [1.807, 2.05) is 6.07 Å². The number of benzene rings is 2. The molecule has 1 fully saturated rings. The highest BCUT2D eigenvalue weighted by Gasteiger charge is 2.21. The first kappa shape index (κ1) is 20.1. The average Bonchev–Trinajstić information content (AvgIpc) is 2.74. The fraction of sp³-hybridized carbons (Fsp3) is 0.300. The number of ether oxygens (including phenoxy) is 1. The van der Waals surface area contributed by atoms with Gasteiger partial charge < -0.3 is 19.6 Å². The molecule has 2 aromatic carbocycles. The van der Waals surface area contributed by atoms with Crippen LogP contribution in [0.25, 0.3) is 0 Å². The van der Waals surface area contributed by atoms with Crippen LogP contribution in [0, 0.1) is 10.1 Å². The largest absolute Gasteiger partial charge is 0.493 e. The molecule has 9 heteroatoms. The Balaban J connectivity index is 1.44. The SMILES string of the molecule is O=C(O)c1cccc(N2CCN(C(=O)CCOc3ccc([N+](=O)[O-])cc3)CC2)c1. The minimum Gasteiger partial charge on any atom is -0.493 e. The maximum absolute atomic E-state index is 12.4. The van der Waals surface area contributed by atoms with E-state index in [0.29, 0.717) is 31.9 Å². The Bertz CT molecular complexity index is 891. The first-order chi connectivity index (χ1) is 13.9. The van der Waals surface area contributed by atoms with E-state index in [0.717, 1.165) is 5.69 Å². The van der Waals surface area contributed by atoms with Crippen molar-refractivity contribution >= 4 is 23.3 Å². The van der Waals surface area contributed by atoms with Crippen LogP contribution in [-0.4, -0.2) is 59.6 Å². The molecule has 1 saturated heterocycles. The molecule has 9 nitrogen and oxygen atoms in total. The summed E-state index contributed by atoms with van der Waals surface area (Å²) < 4.78 is 5.49. The van der Waals surface area contributed by atoms with Crippen LogP contribution in [0.1, 0.15) is 16.8 Å². The quantitative estimate of drug-likeness (QED) is 0.562. The highest BCUT2D eigenvalue weighted by atomic mass is 16.6. The normalized spacial score (nSPS) is 13.8. The Labute approximate surface area is 167 Å². The van der Waals surface area contributed by atoms with Crippen molar-refractivity contribution in [3.05, 3.63) is 64.2 Å². The van der Waals surface area contributed by atoms with E-state index >= 15 is 0 Å². The molecule has 1 N–H and O–H groups in total. The van der Waals surface area contributed by atoms with Crippen LogP contribution in [0.2, 0.25) is 0 Å². The Kier molecular flexibility index (Phi) is 6.28. The monoisotopic (exact) mass is 399 g/mol. The van der Waals surface area contributed by atoms with Crippen LogP contribution < -0.4 is 9.64 Å². The molecule has 0 aliphatic carbocycles. The zero-order chi connectivity index (χ0) is 20.8. The van der Waals surface area contributed by atoms with Gasteiger partial charge in [-0.1, -0.05) is 6.07 Å². The van der Waals surface area contributed by atoms with Crippen molar-refractivity contribution in [3.8, 4) is 5.75 Å². The molecule has 2 aromatic rings. The zero-order valence-corrected chi connectivity index (χ0v) is 15.7. The smallest absolute Gasteiger partial charge is 0.335 e. The third kappa shape index (κ3) is 5.22.